The predicted octanol–water partition coefficient (Wildman–Crippen LogP) is 4.14. The number of benzene rings is 1. The van der Waals surface area contributed by atoms with Gasteiger partial charge >= 0.3 is 12.2 Å². The van der Waals surface area contributed by atoms with Crippen molar-refractivity contribution in [3.63, 3.8) is 0 Å². The Morgan fingerprint density at radius 2 is 1.84 bits per heavy atom. The van der Waals surface area contributed by atoms with Crippen LogP contribution in [0.2, 0.25) is 0 Å². The van der Waals surface area contributed by atoms with Gasteiger partial charge in [0.15, 0.2) is 6.10 Å². The average molecular weight is 614 g/mol. The molecule has 0 spiro atoms. The van der Waals surface area contributed by atoms with Crippen LogP contribution in [-0.2, 0) is 27.3 Å². The molecule has 2 heterocycles. The molecule has 0 bridgehead atoms. The van der Waals surface area contributed by atoms with Gasteiger partial charge in [0.25, 0.3) is 11.5 Å². The van der Waals surface area contributed by atoms with Crippen LogP contribution in [0.4, 0.5) is 19.7 Å². The molecule has 236 valence electrons. The SMILES string of the molecule is [2H]C([2H])(C/C=C/C(=O)N(C)C)C(OC(=O)N(C)C)C(=O)Nc1cccn(Cc2cc3cc(F)cc(CC(C)C)c3n2C(=O)O)c1=O. The maximum atomic E-state index is 14.4. The number of aromatic nitrogens is 2. The van der Waals surface area contributed by atoms with Crippen LogP contribution < -0.4 is 10.9 Å². The predicted molar refractivity (Wildman–Crippen MR) is 163 cm³/mol. The summed E-state index contributed by atoms with van der Waals surface area (Å²) in [7, 11) is 5.70. The minimum atomic E-state index is -2.50. The van der Waals surface area contributed by atoms with Gasteiger partial charge in [0.1, 0.15) is 11.5 Å². The molecule has 13 heteroatoms. The highest BCUT2D eigenvalue weighted by atomic mass is 19.1. The van der Waals surface area contributed by atoms with Crippen LogP contribution in [0.3, 0.4) is 0 Å². The van der Waals surface area contributed by atoms with Crippen LogP contribution in [0.1, 0.15) is 40.6 Å². The van der Waals surface area contributed by atoms with Crippen LogP contribution in [0.5, 0.6) is 0 Å². The molecule has 0 fully saturated rings. The molecule has 0 aliphatic carbocycles. The summed E-state index contributed by atoms with van der Waals surface area (Å²) in [5, 5.41) is 12.8. The fraction of sp³-hybridized carbons (Fsp3) is 0.387. The quantitative estimate of drug-likeness (QED) is 0.310. The van der Waals surface area contributed by atoms with Crippen molar-refractivity contribution in [2.75, 3.05) is 33.5 Å². The van der Waals surface area contributed by atoms with E-state index in [1.54, 1.807) is 0 Å². The maximum Gasteiger partial charge on any atom is 0.416 e. The minimum absolute atomic E-state index is 0.108. The Hall–Kier alpha value is -4.94. The Morgan fingerprint density at radius 3 is 2.45 bits per heavy atom. The van der Waals surface area contributed by atoms with Crippen LogP contribution in [0.15, 0.2) is 53.5 Å². The van der Waals surface area contributed by atoms with Gasteiger partial charge in [-0.25, -0.2) is 18.5 Å². The highest BCUT2D eigenvalue weighted by Gasteiger charge is 2.25. The maximum absolute atomic E-state index is 14.4. The third kappa shape index (κ3) is 8.33. The van der Waals surface area contributed by atoms with Gasteiger partial charge in [0, 0.05) is 42.5 Å². The number of nitrogens with zero attached hydrogens (tertiary/aromatic N) is 4. The average Bonchev–Trinajstić information content (AvgIpc) is 3.31. The Balaban J connectivity index is 1.98. The van der Waals surface area contributed by atoms with Gasteiger partial charge in [-0.05, 0) is 67.1 Å². The normalized spacial score (nSPS) is 13.0. The van der Waals surface area contributed by atoms with Crippen molar-refractivity contribution in [1.82, 2.24) is 18.9 Å². The first-order valence-corrected chi connectivity index (χ1v) is 13.7. The zero-order valence-corrected chi connectivity index (χ0v) is 25.5. The van der Waals surface area contributed by atoms with E-state index in [9.17, 15) is 33.5 Å². The van der Waals surface area contributed by atoms with Crippen molar-refractivity contribution in [2.24, 2.45) is 5.92 Å². The van der Waals surface area contributed by atoms with Crippen molar-refractivity contribution in [1.29, 1.82) is 0 Å². The van der Waals surface area contributed by atoms with Crippen molar-refractivity contribution in [3.05, 3.63) is 76.1 Å². The Bertz CT molecular complexity index is 1730. The number of allylic oxidation sites excluding steroid dienone is 1. The molecule has 44 heavy (non-hydrogen) atoms. The zero-order chi connectivity index (χ0) is 34.5. The molecular formula is C31H38FN5O7. The monoisotopic (exact) mass is 613 g/mol. The van der Waals surface area contributed by atoms with E-state index < -0.39 is 54.3 Å². The molecule has 0 saturated carbocycles. The van der Waals surface area contributed by atoms with E-state index in [0.29, 0.717) is 22.9 Å². The van der Waals surface area contributed by atoms with Crippen molar-refractivity contribution in [2.45, 2.75) is 45.7 Å². The summed E-state index contributed by atoms with van der Waals surface area (Å²) in [6.45, 7) is 3.58. The lowest BCUT2D eigenvalue weighted by molar-refractivity contribution is -0.125. The standard InChI is InChI=1S/C31H38FN5O7/c1-19(2)14-20-15-22(32)16-21-17-23(37(27(20)21)30(41)42)18-36-13-9-10-24(29(36)40)33-28(39)25(44-31(43)35(5)6)11-7-8-12-26(38)34(3)4/h8-10,12-13,15-17,19,25H,7,11,14,18H2,1-6H3,(H,33,39)(H,41,42)/b12-8+/i11D2. The van der Waals surface area contributed by atoms with E-state index in [0.717, 1.165) is 20.1 Å². The first-order chi connectivity index (χ1) is 21.4. The van der Waals surface area contributed by atoms with Crippen molar-refractivity contribution >= 4 is 40.6 Å². The summed E-state index contributed by atoms with van der Waals surface area (Å²) in [5.41, 5.74) is -0.0833. The number of halogens is 1. The highest BCUT2D eigenvalue weighted by Crippen LogP contribution is 2.27. The molecular weight excluding hydrogens is 573 g/mol. The third-order valence-electron chi connectivity index (χ3n) is 6.39. The number of ether oxygens (including phenoxy) is 1. The van der Waals surface area contributed by atoms with Gasteiger partial charge < -0.3 is 29.5 Å². The van der Waals surface area contributed by atoms with E-state index in [4.69, 9.17) is 7.48 Å². The van der Waals surface area contributed by atoms with E-state index >= 15 is 0 Å². The fourth-order valence-corrected chi connectivity index (χ4v) is 4.39. The number of anilines is 1. The molecule has 12 nitrogen and oxygen atoms in total. The molecule has 3 aromatic rings. The van der Waals surface area contributed by atoms with Crippen LogP contribution in [0.25, 0.3) is 10.9 Å². The number of fused-ring (bicyclic) bond motifs is 1. The first kappa shape index (κ1) is 30.5. The number of carbonyl (C=O) groups is 4. The summed E-state index contributed by atoms with van der Waals surface area (Å²) in [5.74, 6) is -1.98. The second kappa shape index (κ2) is 14.5. The second-order valence-electron chi connectivity index (χ2n) is 10.9. The topological polar surface area (TPSA) is 143 Å². The molecule has 0 saturated heterocycles. The largest absolute Gasteiger partial charge is 0.464 e. The molecule has 1 atom stereocenters. The lowest BCUT2D eigenvalue weighted by Crippen LogP contribution is -2.37. The lowest BCUT2D eigenvalue weighted by Gasteiger charge is -2.20. The fourth-order valence-electron chi connectivity index (χ4n) is 4.39. The number of carboxylic acid groups (broad SMARTS) is 1. The zero-order valence-electron chi connectivity index (χ0n) is 27.5. The van der Waals surface area contributed by atoms with Crippen molar-refractivity contribution in [3.8, 4) is 0 Å². The van der Waals surface area contributed by atoms with Crippen molar-refractivity contribution < 1.29 is 36.2 Å². The van der Waals surface area contributed by atoms with Gasteiger partial charge in [-0.15, -0.1) is 0 Å². The molecule has 1 unspecified atom stereocenters. The smallest absolute Gasteiger partial charge is 0.416 e. The molecule has 3 rings (SSSR count). The Kier molecular flexibility index (Phi) is 10.1. The number of pyridine rings is 1. The minimum Gasteiger partial charge on any atom is -0.464 e. The number of carbonyl (C=O) groups excluding carboxylic acids is 3. The van der Waals surface area contributed by atoms with Crippen LogP contribution in [-0.4, -0.2) is 82.3 Å². The van der Waals surface area contributed by atoms with E-state index in [1.807, 2.05) is 13.8 Å². The number of hydrogen-bond acceptors (Lipinski definition) is 6. The highest BCUT2D eigenvalue weighted by molar-refractivity contribution is 5.95. The number of hydrogen-bond donors (Lipinski definition) is 2. The summed E-state index contributed by atoms with van der Waals surface area (Å²) < 4.78 is 38.7. The van der Waals surface area contributed by atoms with Gasteiger partial charge in [0.2, 0.25) is 5.91 Å². The molecule has 2 N–H and O–H groups in total. The first-order valence-electron chi connectivity index (χ1n) is 14.7. The lowest BCUT2D eigenvalue weighted by atomic mass is 10.0. The third-order valence-corrected chi connectivity index (χ3v) is 6.39. The molecule has 1 aromatic carbocycles. The number of likely N-dealkylation sites (N-methyl/N-ethyl adjacent to an activating group) is 1. The van der Waals surface area contributed by atoms with E-state index in [-0.39, 0.29) is 23.8 Å². The molecule has 0 aliphatic heterocycles. The summed E-state index contributed by atoms with van der Waals surface area (Å²) in [6, 6.07) is 6.67. The number of nitrogens with one attached hydrogen (secondary N) is 1. The summed E-state index contributed by atoms with van der Waals surface area (Å²) >= 11 is 0. The molecule has 0 aliphatic rings. The van der Waals surface area contributed by atoms with Crippen LogP contribution in [0, 0.1) is 11.7 Å². The second-order valence-corrected chi connectivity index (χ2v) is 10.9. The van der Waals surface area contributed by atoms with E-state index in [1.165, 1.54) is 75.7 Å². The molecule has 3 amide bonds. The Labute approximate surface area is 257 Å². The van der Waals surface area contributed by atoms with Gasteiger partial charge in [-0.1, -0.05) is 19.9 Å². The van der Waals surface area contributed by atoms with Gasteiger partial charge in [-0.3, -0.25) is 14.4 Å². The van der Waals surface area contributed by atoms with Crippen LogP contribution >= 0.6 is 0 Å². The number of amides is 3. The van der Waals surface area contributed by atoms with Gasteiger partial charge in [0.05, 0.1) is 17.8 Å². The summed E-state index contributed by atoms with van der Waals surface area (Å²) in [6.07, 6.45) is -3.24. The number of rotatable bonds is 11. The van der Waals surface area contributed by atoms with Gasteiger partial charge in [-0.2, -0.15) is 0 Å². The van der Waals surface area contributed by atoms with E-state index in [2.05, 4.69) is 5.32 Å². The summed E-state index contributed by atoms with van der Waals surface area (Å²) in [4.78, 5) is 65.7. The Morgan fingerprint density at radius 1 is 1.14 bits per heavy atom. The molecule has 2 aromatic heterocycles. The molecule has 0 radical (unpaired) electrons.